The molecule has 6 aromatic carbocycles. The molecule has 0 spiro atoms. The first-order chi connectivity index (χ1) is 27.7. The van der Waals surface area contributed by atoms with Gasteiger partial charge in [0.05, 0.1) is 13.2 Å². The molecule has 2 aliphatic rings. The summed E-state index contributed by atoms with van der Waals surface area (Å²) in [5.41, 5.74) is 3.30. The average Bonchev–Trinajstić information content (AvgIpc) is 3.26. The summed E-state index contributed by atoms with van der Waals surface area (Å²) < 4.78 is 127. The number of hydrogen-bond acceptors (Lipinski definition) is 4. The Morgan fingerprint density at radius 2 is 0.966 bits per heavy atom. The van der Waals surface area contributed by atoms with Crippen LogP contribution in [0.5, 0.6) is 23.0 Å². The Kier molecular flexibility index (Phi) is 10.6. The van der Waals surface area contributed by atoms with Crippen molar-refractivity contribution in [1.82, 2.24) is 0 Å². The maximum atomic E-state index is 14.8. The van der Waals surface area contributed by atoms with Gasteiger partial charge in [-0.05, 0) is 117 Å². The molecule has 0 unspecified atom stereocenters. The minimum atomic E-state index is -5.04. The highest BCUT2D eigenvalue weighted by Crippen LogP contribution is 2.48. The van der Waals surface area contributed by atoms with E-state index in [0.717, 1.165) is 75.7 Å². The van der Waals surface area contributed by atoms with E-state index in [1.807, 2.05) is 48.5 Å². The maximum Gasteiger partial charge on any atom is 0.573 e. The summed E-state index contributed by atoms with van der Waals surface area (Å²) in [4.78, 5) is 0. The molecular formula is C46H38F8O4. The Bertz CT molecular complexity index is 2310. The average molecular weight is 807 g/mol. The Labute approximate surface area is 329 Å². The predicted molar refractivity (Wildman–Crippen MR) is 206 cm³/mol. The summed E-state index contributed by atoms with van der Waals surface area (Å²) in [7, 11) is 0. The van der Waals surface area contributed by atoms with Crippen LogP contribution in [-0.2, 0) is 0 Å². The van der Waals surface area contributed by atoms with Crippen molar-refractivity contribution in [3.63, 3.8) is 0 Å². The van der Waals surface area contributed by atoms with Crippen LogP contribution in [0.4, 0.5) is 35.1 Å². The van der Waals surface area contributed by atoms with Crippen molar-refractivity contribution in [2.24, 2.45) is 17.8 Å². The van der Waals surface area contributed by atoms with Crippen molar-refractivity contribution in [2.45, 2.75) is 58.2 Å². The van der Waals surface area contributed by atoms with Gasteiger partial charge in [-0.1, -0.05) is 81.1 Å². The summed E-state index contributed by atoms with van der Waals surface area (Å²) in [6, 6.07) is 25.0. The standard InChI is InChI=1S/C46H38F8O4/c1-2-3-26-4-6-27(7-5-26)34-24-55-41-18-12-32-20-28(30-10-16-39(37(47)22-30)57-45(49,50)51)8-14-35(32)43(41)44-36-15-9-29(21-33(36)13-19-42(44)56-25-34)31-11-17-40(38(48)23-31)58-46(52,53)54/h8-23,26-27,34H,2-7,24-25H2,1H3. The Morgan fingerprint density at radius 1 is 0.534 bits per heavy atom. The van der Waals surface area contributed by atoms with Crippen LogP contribution in [0.15, 0.2) is 97.1 Å². The highest BCUT2D eigenvalue weighted by molar-refractivity contribution is 6.11. The molecule has 0 aromatic heterocycles. The van der Waals surface area contributed by atoms with Crippen molar-refractivity contribution in [2.75, 3.05) is 13.2 Å². The van der Waals surface area contributed by atoms with Gasteiger partial charge in [0.1, 0.15) is 11.5 Å². The molecule has 1 aliphatic heterocycles. The number of hydrogen-bond donors (Lipinski definition) is 0. The lowest BCUT2D eigenvalue weighted by molar-refractivity contribution is -0.276. The number of rotatable bonds is 7. The van der Waals surface area contributed by atoms with Crippen LogP contribution in [0.1, 0.15) is 45.4 Å². The first-order valence-electron chi connectivity index (χ1n) is 19.2. The van der Waals surface area contributed by atoms with Gasteiger partial charge >= 0.3 is 12.7 Å². The predicted octanol–water partition coefficient (Wildman–Crippen LogP) is 14.1. The highest BCUT2D eigenvalue weighted by atomic mass is 19.4. The smallest absolute Gasteiger partial charge is 0.492 e. The van der Waals surface area contributed by atoms with Gasteiger partial charge in [0, 0.05) is 17.0 Å². The summed E-state index contributed by atoms with van der Waals surface area (Å²) in [6.07, 6.45) is -3.15. The van der Waals surface area contributed by atoms with Crippen molar-refractivity contribution in [3.8, 4) is 56.4 Å². The summed E-state index contributed by atoms with van der Waals surface area (Å²) in [5.74, 6) is -1.65. The molecule has 4 nitrogen and oxygen atoms in total. The van der Waals surface area contributed by atoms with E-state index in [1.54, 1.807) is 12.1 Å². The van der Waals surface area contributed by atoms with Gasteiger partial charge in [-0.25, -0.2) is 8.78 Å². The first kappa shape index (κ1) is 39.3. The molecule has 8 rings (SSSR count). The zero-order valence-electron chi connectivity index (χ0n) is 31.3. The number of fused-ring (bicyclic) bond motifs is 7. The lowest BCUT2D eigenvalue weighted by Crippen LogP contribution is -2.30. The molecule has 1 fully saturated rings. The number of halogens is 8. The maximum absolute atomic E-state index is 14.8. The largest absolute Gasteiger partial charge is 0.573 e. The fourth-order valence-electron chi connectivity index (χ4n) is 8.58. The first-order valence-corrected chi connectivity index (χ1v) is 19.2. The summed E-state index contributed by atoms with van der Waals surface area (Å²) in [6.45, 7) is 3.08. The second kappa shape index (κ2) is 15.7. The molecule has 1 heterocycles. The highest BCUT2D eigenvalue weighted by Gasteiger charge is 2.34. The number of benzene rings is 6. The molecule has 6 aromatic rings. The van der Waals surface area contributed by atoms with Crippen LogP contribution in [0, 0.1) is 29.4 Å². The van der Waals surface area contributed by atoms with Crippen molar-refractivity contribution >= 4 is 21.5 Å². The van der Waals surface area contributed by atoms with Gasteiger partial charge < -0.3 is 18.9 Å². The number of ether oxygens (including phenoxy) is 4. The van der Waals surface area contributed by atoms with Crippen molar-refractivity contribution in [1.29, 1.82) is 0 Å². The van der Waals surface area contributed by atoms with E-state index in [0.29, 0.717) is 52.9 Å². The van der Waals surface area contributed by atoms with Gasteiger partial charge in [-0.15, -0.1) is 26.3 Å². The SMILES string of the molecule is CCCC1CCC(C2COc3ccc4cc(-c5ccc(OC(F)(F)F)c(F)c5)ccc4c3-c3c(ccc4cc(-c5ccc(OC(F)(F)F)c(F)c5)ccc34)OC2)CC1. The summed E-state index contributed by atoms with van der Waals surface area (Å²) >= 11 is 0. The van der Waals surface area contributed by atoms with Crippen LogP contribution >= 0.6 is 0 Å². The molecule has 0 atom stereocenters. The lowest BCUT2D eigenvalue weighted by Gasteiger charge is -2.33. The second-order valence-electron chi connectivity index (χ2n) is 15.1. The van der Waals surface area contributed by atoms with E-state index in [9.17, 15) is 35.1 Å². The van der Waals surface area contributed by atoms with E-state index >= 15 is 0 Å². The Balaban J connectivity index is 1.22. The van der Waals surface area contributed by atoms with E-state index in [1.165, 1.54) is 37.8 Å². The van der Waals surface area contributed by atoms with Crippen LogP contribution in [0.3, 0.4) is 0 Å². The molecule has 58 heavy (non-hydrogen) atoms. The zero-order valence-corrected chi connectivity index (χ0v) is 31.3. The molecule has 0 bridgehead atoms. The van der Waals surface area contributed by atoms with Crippen molar-refractivity contribution in [3.05, 3.63) is 109 Å². The van der Waals surface area contributed by atoms with E-state index in [4.69, 9.17) is 9.47 Å². The van der Waals surface area contributed by atoms with Crippen molar-refractivity contribution < 1.29 is 54.1 Å². The van der Waals surface area contributed by atoms with Crippen LogP contribution in [0.2, 0.25) is 0 Å². The molecule has 0 radical (unpaired) electrons. The van der Waals surface area contributed by atoms with E-state index in [-0.39, 0.29) is 5.92 Å². The quantitative estimate of drug-likeness (QED) is 0.151. The van der Waals surface area contributed by atoms with E-state index in [2.05, 4.69) is 16.4 Å². The molecule has 12 heteroatoms. The minimum absolute atomic E-state index is 0.121. The number of alkyl halides is 6. The zero-order chi connectivity index (χ0) is 40.8. The van der Waals surface area contributed by atoms with Gasteiger partial charge in [0.2, 0.25) is 0 Å². The monoisotopic (exact) mass is 806 g/mol. The van der Waals surface area contributed by atoms with Gasteiger partial charge in [-0.3, -0.25) is 0 Å². The molecular weight excluding hydrogens is 768 g/mol. The van der Waals surface area contributed by atoms with Crippen LogP contribution in [0.25, 0.3) is 54.9 Å². The molecule has 302 valence electrons. The van der Waals surface area contributed by atoms with E-state index < -0.39 is 35.9 Å². The molecule has 0 saturated heterocycles. The molecule has 0 amide bonds. The molecule has 0 N–H and O–H groups in total. The third-order valence-corrected chi connectivity index (χ3v) is 11.4. The Morgan fingerprint density at radius 3 is 1.38 bits per heavy atom. The minimum Gasteiger partial charge on any atom is -0.492 e. The topological polar surface area (TPSA) is 36.9 Å². The van der Waals surface area contributed by atoms with Gasteiger partial charge in [0.25, 0.3) is 0 Å². The third-order valence-electron chi connectivity index (χ3n) is 11.4. The Hall–Kier alpha value is -5.52. The van der Waals surface area contributed by atoms with Crippen LogP contribution in [-0.4, -0.2) is 25.9 Å². The van der Waals surface area contributed by atoms with Crippen LogP contribution < -0.4 is 18.9 Å². The fourth-order valence-corrected chi connectivity index (χ4v) is 8.58. The molecule has 1 saturated carbocycles. The van der Waals surface area contributed by atoms with Gasteiger partial charge in [0.15, 0.2) is 23.1 Å². The third kappa shape index (κ3) is 8.37. The normalized spacial score (nSPS) is 17.7. The summed E-state index contributed by atoms with van der Waals surface area (Å²) in [5, 5.41) is 3.05. The second-order valence-corrected chi connectivity index (χ2v) is 15.1. The fraction of sp³-hybridized carbons (Fsp3) is 0.304. The lowest BCUT2D eigenvalue weighted by atomic mass is 9.75. The molecule has 1 aliphatic carbocycles. The van der Waals surface area contributed by atoms with Gasteiger partial charge in [-0.2, -0.15) is 0 Å².